The minimum atomic E-state index is -0.952. The van der Waals surface area contributed by atoms with E-state index in [2.05, 4.69) is 10.6 Å². The van der Waals surface area contributed by atoms with E-state index in [1.807, 2.05) is 0 Å². The molecule has 7 heteroatoms. The number of phenolic OH excluding ortho intramolecular Hbond substituents is 1. The van der Waals surface area contributed by atoms with Crippen molar-refractivity contribution >= 4 is 17.7 Å². The first kappa shape index (κ1) is 24.7. The molecule has 1 aromatic rings. The van der Waals surface area contributed by atoms with E-state index in [4.69, 9.17) is 5.73 Å². The van der Waals surface area contributed by atoms with Crippen molar-refractivity contribution in [2.45, 2.75) is 83.1 Å². The molecule has 7 nitrogen and oxygen atoms in total. The molecule has 3 amide bonds. The van der Waals surface area contributed by atoms with Gasteiger partial charge in [-0.05, 0) is 36.5 Å². The fourth-order valence-corrected chi connectivity index (χ4v) is 4.16. The highest BCUT2D eigenvalue weighted by molar-refractivity contribution is 5.91. The van der Waals surface area contributed by atoms with Gasteiger partial charge in [0.2, 0.25) is 17.7 Å². The van der Waals surface area contributed by atoms with E-state index in [-0.39, 0.29) is 18.1 Å². The third-order valence-electron chi connectivity index (χ3n) is 5.95. The van der Waals surface area contributed by atoms with E-state index in [9.17, 15) is 19.5 Å². The fraction of sp³-hybridized carbons (Fsp3) is 0.625. The predicted octanol–water partition coefficient (Wildman–Crippen LogP) is 2.94. The number of nitrogens with two attached hydrogens (primary N) is 1. The molecule has 0 unspecified atom stereocenters. The first-order valence-electron chi connectivity index (χ1n) is 11.6. The number of unbranched alkanes of at least 4 members (excludes halogenated alkanes) is 2. The largest absolute Gasteiger partial charge is 0.508 e. The van der Waals surface area contributed by atoms with Crippen LogP contribution in [0, 0.1) is 5.92 Å². The van der Waals surface area contributed by atoms with Gasteiger partial charge in [-0.15, -0.1) is 0 Å². The van der Waals surface area contributed by atoms with Crippen LogP contribution in [0.15, 0.2) is 24.3 Å². The predicted molar refractivity (Wildman–Crippen MR) is 120 cm³/mol. The van der Waals surface area contributed by atoms with Crippen LogP contribution >= 0.6 is 0 Å². The van der Waals surface area contributed by atoms with Gasteiger partial charge in [0.15, 0.2) is 0 Å². The molecule has 1 aliphatic rings. The van der Waals surface area contributed by atoms with Crippen LogP contribution in [0.2, 0.25) is 0 Å². The lowest BCUT2D eigenvalue weighted by Gasteiger charge is -2.21. The van der Waals surface area contributed by atoms with Crippen LogP contribution in [0.4, 0.5) is 0 Å². The summed E-state index contributed by atoms with van der Waals surface area (Å²) in [7, 11) is 0. The highest BCUT2D eigenvalue weighted by Gasteiger charge is 2.22. The van der Waals surface area contributed by atoms with E-state index in [1.54, 1.807) is 24.3 Å². The third-order valence-corrected chi connectivity index (χ3v) is 5.95. The number of amides is 3. The number of carbonyl (C=O) groups is 3. The first-order chi connectivity index (χ1) is 14.9. The topological polar surface area (TPSA) is 122 Å². The Kier molecular flexibility index (Phi) is 10.9. The van der Waals surface area contributed by atoms with Crippen molar-refractivity contribution in [2.24, 2.45) is 11.7 Å². The van der Waals surface area contributed by atoms with Crippen LogP contribution in [-0.4, -0.2) is 35.4 Å². The Labute approximate surface area is 185 Å². The summed E-state index contributed by atoms with van der Waals surface area (Å²) in [5.41, 5.74) is 6.22. The number of carbonyl (C=O) groups excluding carboxylic acids is 3. The smallest absolute Gasteiger partial charge is 0.243 e. The maximum atomic E-state index is 12.4. The van der Waals surface area contributed by atoms with E-state index in [0.717, 1.165) is 30.7 Å². The summed E-state index contributed by atoms with van der Waals surface area (Å²) in [6.07, 6.45) is 11.6. The highest BCUT2D eigenvalue weighted by atomic mass is 16.3. The quantitative estimate of drug-likeness (QED) is 0.359. The van der Waals surface area contributed by atoms with Gasteiger partial charge in [-0.25, -0.2) is 0 Å². The average Bonchev–Trinajstić information content (AvgIpc) is 2.75. The molecular formula is C24H37N3O4. The van der Waals surface area contributed by atoms with Crippen molar-refractivity contribution in [3.8, 4) is 5.75 Å². The van der Waals surface area contributed by atoms with Gasteiger partial charge in [-0.2, -0.15) is 0 Å². The first-order valence-corrected chi connectivity index (χ1v) is 11.6. The third kappa shape index (κ3) is 10.3. The van der Waals surface area contributed by atoms with Gasteiger partial charge in [-0.1, -0.05) is 63.5 Å². The monoisotopic (exact) mass is 431 g/mol. The Hall–Kier alpha value is -2.57. The van der Waals surface area contributed by atoms with Gasteiger partial charge in [-0.3, -0.25) is 14.4 Å². The summed E-state index contributed by atoms with van der Waals surface area (Å²) < 4.78 is 0. The Morgan fingerprint density at radius 3 is 2.42 bits per heavy atom. The molecular weight excluding hydrogens is 394 g/mol. The molecule has 0 aromatic heterocycles. The number of phenols is 1. The molecule has 1 aromatic carbocycles. The summed E-state index contributed by atoms with van der Waals surface area (Å²) in [5.74, 6) is -0.230. The van der Waals surface area contributed by atoms with Gasteiger partial charge in [0.05, 0.1) is 6.42 Å². The number of rotatable bonds is 13. The highest BCUT2D eigenvalue weighted by Crippen LogP contribution is 2.27. The van der Waals surface area contributed by atoms with Gasteiger partial charge in [0.25, 0.3) is 0 Å². The molecule has 31 heavy (non-hydrogen) atoms. The molecule has 0 aliphatic heterocycles. The Morgan fingerprint density at radius 2 is 1.74 bits per heavy atom. The minimum Gasteiger partial charge on any atom is -0.508 e. The van der Waals surface area contributed by atoms with Gasteiger partial charge in [0, 0.05) is 13.0 Å². The molecule has 1 saturated carbocycles. The van der Waals surface area contributed by atoms with Crippen molar-refractivity contribution < 1.29 is 19.5 Å². The molecule has 1 atom stereocenters. The van der Waals surface area contributed by atoms with E-state index in [0.29, 0.717) is 19.4 Å². The maximum Gasteiger partial charge on any atom is 0.243 e. The molecule has 0 saturated heterocycles. The average molecular weight is 432 g/mol. The van der Waals surface area contributed by atoms with Gasteiger partial charge >= 0.3 is 0 Å². The van der Waals surface area contributed by atoms with Crippen molar-refractivity contribution in [1.29, 1.82) is 0 Å². The number of hydrogen-bond acceptors (Lipinski definition) is 4. The lowest BCUT2D eigenvalue weighted by atomic mass is 9.85. The molecule has 172 valence electrons. The summed E-state index contributed by atoms with van der Waals surface area (Å²) in [6.45, 7) is 0.357. The summed E-state index contributed by atoms with van der Waals surface area (Å²) in [4.78, 5) is 36.0. The lowest BCUT2D eigenvalue weighted by molar-refractivity contribution is -0.131. The molecule has 5 N–H and O–H groups in total. The Morgan fingerprint density at radius 1 is 1.03 bits per heavy atom. The van der Waals surface area contributed by atoms with Crippen LogP contribution < -0.4 is 16.4 Å². The second kappa shape index (κ2) is 13.7. The van der Waals surface area contributed by atoms with E-state index < -0.39 is 17.9 Å². The number of primary amides is 1. The summed E-state index contributed by atoms with van der Waals surface area (Å²) >= 11 is 0. The number of hydrogen-bond donors (Lipinski definition) is 4. The molecule has 0 heterocycles. The summed E-state index contributed by atoms with van der Waals surface area (Å²) in [6, 6.07) is 5.77. The molecule has 0 radical (unpaired) electrons. The lowest BCUT2D eigenvalue weighted by Crippen LogP contribution is -2.48. The van der Waals surface area contributed by atoms with Gasteiger partial charge in [0.1, 0.15) is 11.8 Å². The summed E-state index contributed by atoms with van der Waals surface area (Å²) in [5, 5.41) is 14.7. The fourth-order valence-electron chi connectivity index (χ4n) is 4.16. The minimum absolute atomic E-state index is 0.186. The number of nitrogens with one attached hydrogen (secondary N) is 2. The molecule has 1 fully saturated rings. The van der Waals surface area contributed by atoms with Crippen LogP contribution in [0.3, 0.4) is 0 Å². The van der Waals surface area contributed by atoms with Crippen LogP contribution in [0.1, 0.15) is 76.2 Å². The number of aromatic hydroxyl groups is 1. The molecule has 2 rings (SSSR count). The van der Waals surface area contributed by atoms with Crippen LogP contribution in [-0.2, 0) is 20.8 Å². The van der Waals surface area contributed by atoms with E-state index in [1.165, 1.54) is 38.5 Å². The Balaban J connectivity index is 1.66. The molecule has 0 bridgehead atoms. The molecule has 0 spiro atoms. The van der Waals surface area contributed by atoms with Crippen LogP contribution in [0.5, 0.6) is 5.75 Å². The van der Waals surface area contributed by atoms with Crippen molar-refractivity contribution in [2.75, 3.05) is 6.54 Å². The Bertz CT molecular complexity index is 699. The molecule has 1 aliphatic carbocycles. The second-order valence-corrected chi connectivity index (χ2v) is 8.60. The zero-order valence-corrected chi connectivity index (χ0v) is 18.4. The SMILES string of the molecule is NC(=O)C[C@@H](NC(=O)CCCCCC1CCCCC1)C(=O)NCCc1ccc(O)cc1. The van der Waals surface area contributed by atoms with Crippen LogP contribution in [0.25, 0.3) is 0 Å². The zero-order chi connectivity index (χ0) is 22.5. The van der Waals surface area contributed by atoms with Crippen molar-refractivity contribution in [1.82, 2.24) is 10.6 Å². The van der Waals surface area contributed by atoms with Gasteiger partial charge < -0.3 is 21.5 Å². The maximum absolute atomic E-state index is 12.4. The number of benzene rings is 1. The van der Waals surface area contributed by atoms with Crippen molar-refractivity contribution in [3.05, 3.63) is 29.8 Å². The zero-order valence-electron chi connectivity index (χ0n) is 18.4. The second-order valence-electron chi connectivity index (χ2n) is 8.60. The standard InChI is InChI=1S/C24H37N3O4/c25-22(29)17-21(24(31)26-16-15-19-11-13-20(28)14-12-19)27-23(30)10-6-2-5-9-18-7-3-1-4-8-18/h11-14,18,21,28H,1-10,15-17H2,(H2,25,29)(H,26,31)(H,27,30)/t21-/m1/s1. The normalized spacial score (nSPS) is 15.2. The van der Waals surface area contributed by atoms with Crippen molar-refractivity contribution in [3.63, 3.8) is 0 Å². The van der Waals surface area contributed by atoms with E-state index >= 15 is 0 Å².